The van der Waals surface area contributed by atoms with Crippen molar-refractivity contribution in [2.45, 2.75) is 0 Å². The SMILES string of the molecule is N#Cc1ccc2[nH]cc(C(=O)c3cc(I)ccc3Br)c2c1. The highest BCUT2D eigenvalue weighted by Crippen LogP contribution is 2.26. The van der Waals surface area contributed by atoms with Gasteiger partial charge in [-0.1, -0.05) is 15.9 Å². The van der Waals surface area contributed by atoms with Crippen molar-refractivity contribution >= 4 is 55.2 Å². The molecular weight excluding hydrogens is 443 g/mol. The Morgan fingerprint density at radius 2 is 2.00 bits per heavy atom. The lowest BCUT2D eigenvalue weighted by atomic mass is 10.0. The Hall–Kier alpha value is -1.65. The van der Waals surface area contributed by atoms with Gasteiger partial charge in [0.1, 0.15) is 0 Å². The van der Waals surface area contributed by atoms with Crippen LogP contribution in [0.15, 0.2) is 47.1 Å². The fourth-order valence-corrected chi connectivity index (χ4v) is 3.11. The van der Waals surface area contributed by atoms with Crippen LogP contribution in [0.25, 0.3) is 10.9 Å². The number of carbonyl (C=O) groups is 1. The lowest BCUT2D eigenvalue weighted by Gasteiger charge is -2.04. The van der Waals surface area contributed by atoms with Gasteiger partial charge in [-0.3, -0.25) is 4.79 Å². The van der Waals surface area contributed by atoms with Gasteiger partial charge in [0.2, 0.25) is 0 Å². The number of nitriles is 1. The highest BCUT2D eigenvalue weighted by atomic mass is 127. The van der Waals surface area contributed by atoms with E-state index in [4.69, 9.17) is 5.26 Å². The van der Waals surface area contributed by atoms with Crippen LogP contribution in [0.2, 0.25) is 0 Å². The summed E-state index contributed by atoms with van der Waals surface area (Å²) in [5.41, 5.74) is 2.58. The molecule has 21 heavy (non-hydrogen) atoms. The van der Waals surface area contributed by atoms with Crippen LogP contribution in [-0.4, -0.2) is 10.8 Å². The fraction of sp³-hybridized carbons (Fsp3) is 0. The normalized spacial score (nSPS) is 10.5. The number of rotatable bonds is 2. The van der Waals surface area contributed by atoms with Crippen molar-refractivity contribution in [3.8, 4) is 6.07 Å². The molecule has 1 aromatic heterocycles. The number of H-pyrrole nitrogens is 1. The van der Waals surface area contributed by atoms with Crippen LogP contribution in [0.4, 0.5) is 0 Å². The molecule has 0 aliphatic carbocycles. The van der Waals surface area contributed by atoms with Gasteiger partial charge in [0, 0.05) is 36.3 Å². The van der Waals surface area contributed by atoms with Gasteiger partial charge in [-0.2, -0.15) is 5.26 Å². The van der Waals surface area contributed by atoms with Gasteiger partial charge in [-0.15, -0.1) is 0 Å². The summed E-state index contributed by atoms with van der Waals surface area (Å²) in [5.74, 6) is -0.0678. The Bertz CT molecular complexity index is 908. The quantitative estimate of drug-likeness (QED) is 0.456. The lowest BCUT2D eigenvalue weighted by molar-refractivity contribution is 0.103. The van der Waals surface area contributed by atoms with E-state index in [-0.39, 0.29) is 5.78 Å². The molecule has 0 amide bonds. The molecular formula is C16H8BrIN2O. The van der Waals surface area contributed by atoms with Crippen LogP contribution >= 0.6 is 38.5 Å². The van der Waals surface area contributed by atoms with E-state index in [1.807, 2.05) is 24.3 Å². The largest absolute Gasteiger partial charge is 0.360 e. The van der Waals surface area contributed by atoms with Crippen LogP contribution < -0.4 is 0 Å². The average Bonchev–Trinajstić information content (AvgIpc) is 2.91. The fourth-order valence-electron chi connectivity index (χ4n) is 2.19. The second-order valence-electron chi connectivity index (χ2n) is 4.53. The zero-order valence-electron chi connectivity index (χ0n) is 10.7. The maximum absolute atomic E-state index is 12.8. The number of fused-ring (bicyclic) bond motifs is 1. The summed E-state index contributed by atoms with van der Waals surface area (Å²) >= 11 is 5.60. The molecule has 0 bridgehead atoms. The topological polar surface area (TPSA) is 56.6 Å². The van der Waals surface area contributed by atoms with Gasteiger partial charge in [0.25, 0.3) is 0 Å². The summed E-state index contributed by atoms with van der Waals surface area (Å²) in [4.78, 5) is 15.8. The highest BCUT2D eigenvalue weighted by molar-refractivity contribution is 14.1. The number of hydrogen-bond donors (Lipinski definition) is 1. The van der Waals surface area contributed by atoms with E-state index in [0.717, 1.165) is 18.9 Å². The van der Waals surface area contributed by atoms with E-state index in [0.29, 0.717) is 16.7 Å². The number of carbonyl (C=O) groups excluding carboxylic acids is 1. The number of benzene rings is 2. The molecule has 0 aliphatic rings. The van der Waals surface area contributed by atoms with Gasteiger partial charge in [-0.25, -0.2) is 0 Å². The first-order valence-corrected chi connectivity index (χ1v) is 7.98. The average molecular weight is 451 g/mol. The number of nitrogens with one attached hydrogen (secondary N) is 1. The van der Waals surface area contributed by atoms with Crippen molar-refractivity contribution in [1.29, 1.82) is 5.26 Å². The van der Waals surface area contributed by atoms with E-state index in [2.05, 4.69) is 49.6 Å². The molecule has 1 N–H and O–H groups in total. The molecule has 3 aromatic rings. The minimum Gasteiger partial charge on any atom is -0.360 e. The van der Waals surface area contributed by atoms with E-state index in [1.54, 1.807) is 18.3 Å². The van der Waals surface area contributed by atoms with Gasteiger partial charge < -0.3 is 4.98 Å². The van der Waals surface area contributed by atoms with Crippen LogP contribution in [-0.2, 0) is 0 Å². The van der Waals surface area contributed by atoms with Gasteiger partial charge in [0.15, 0.2) is 5.78 Å². The zero-order valence-corrected chi connectivity index (χ0v) is 14.4. The minimum absolute atomic E-state index is 0.0678. The third-order valence-corrected chi connectivity index (χ3v) is 4.59. The van der Waals surface area contributed by atoms with E-state index < -0.39 is 0 Å². The van der Waals surface area contributed by atoms with E-state index in [1.165, 1.54) is 0 Å². The van der Waals surface area contributed by atoms with Crippen LogP contribution in [0.1, 0.15) is 21.5 Å². The molecule has 3 rings (SSSR count). The maximum Gasteiger partial charge on any atom is 0.196 e. The first-order valence-electron chi connectivity index (χ1n) is 6.11. The molecule has 0 saturated carbocycles. The number of aromatic nitrogens is 1. The van der Waals surface area contributed by atoms with Crippen molar-refractivity contribution in [1.82, 2.24) is 4.98 Å². The molecule has 0 saturated heterocycles. The predicted molar refractivity (Wildman–Crippen MR) is 93.3 cm³/mol. The number of nitrogens with zero attached hydrogens (tertiary/aromatic N) is 1. The van der Waals surface area contributed by atoms with Gasteiger partial charge >= 0.3 is 0 Å². The summed E-state index contributed by atoms with van der Waals surface area (Å²) in [5, 5.41) is 9.78. The molecule has 0 atom stereocenters. The summed E-state index contributed by atoms with van der Waals surface area (Å²) < 4.78 is 1.76. The second kappa shape index (κ2) is 5.62. The van der Waals surface area contributed by atoms with Crippen molar-refractivity contribution in [2.24, 2.45) is 0 Å². The standard InChI is InChI=1S/C16H8BrIN2O/c17-14-3-2-10(18)6-12(14)16(21)13-8-20-15-4-1-9(7-19)5-11(13)15/h1-6,8,20H. The smallest absolute Gasteiger partial charge is 0.196 e. The molecule has 1 heterocycles. The number of aromatic amines is 1. The third-order valence-electron chi connectivity index (χ3n) is 3.23. The van der Waals surface area contributed by atoms with Gasteiger partial charge in [-0.05, 0) is 59.0 Å². The molecule has 3 nitrogen and oxygen atoms in total. The van der Waals surface area contributed by atoms with Crippen molar-refractivity contribution < 1.29 is 4.79 Å². The second-order valence-corrected chi connectivity index (χ2v) is 6.63. The number of ketones is 1. The summed E-state index contributed by atoms with van der Waals surface area (Å²) in [6.45, 7) is 0. The van der Waals surface area contributed by atoms with E-state index >= 15 is 0 Å². The first kappa shape index (κ1) is 14.3. The molecule has 0 aliphatic heterocycles. The summed E-state index contributed by atoms with van der Waals surface area (Å²) in [6.07, 6.45) is 1.69. The Morgan fingerprint density at radius 3 is 2.76 bits per heavy atom. The Morgan fingerprint density at radius 1 is 1.19 bits per heavy atom. The molecule has 0 spiro atoms. The third kappa shape index (κ3) is 2.61. The summed E-state index contributed by atoms with van der Waals surface area (Å²) in [7, 11) is 0. The molecule has 0 fully saturated rings. The maximum atomic E-state index is 12.8. The zero-order chi connectivity index (χ0) is 15.0. The highest BCUT2D eigenvalue weighted by Gasteiger charge is 2.17. The van der Waals surface area contributed by atoms with Gasteiger partial charge in [0.05, 0.1) is 11.6 Å². The van der Waals surface area contributed by atoms with Crippen LogP contribution in [0, 0.1) is 14.9 Å². The van der Waals surface area contributed by atoms with Crippen molar-refractivity contribution in [3.63, 3.8) is 0 Å². The molecule has 0 radical (unpaired) electrons. The van der Waals surface area contributed by atoms with Crippen LogP contribution in [0.3, 0.4) is 0 Å². The molecule has 102 valence electrons. The molecule has 2 aromatic carbocycles. The van der Waals surface area contributed by atoms with Crippen molar-refractivity contribution in [3.05, 3.63) is 67.3 Å². The first-order chi connectivity index (χ1) is 10.1. The molecule has 0 unspecified atom stereocenters. The number of halogens is 2. The number of hydrogen-bond acceptors (Lipinski definition) is 2. The Kier molecular flexibility index (Phi) is 3.83. The lowest BCUT2D eigenvalue weighted by Crippen LogP contribution is -2.02. The van der Waals surface area contributed by atoms with Crippen LogP contribution in [0.5, 0.6) is 0 Å². The predicted octanol–water partition coefficient (Wildman–Crippen LogP) is 4.64. The Balaban J connectivity index is 2.18. The van der Waals surface area contributed by atoms with E-state index in [9.17, 15) is 4.79 Å². The summed E-state index contributed by atoms with van der Waals surface area (Å²) in [6, 6.07) is 13.0. The minimum atomic E-state index is -0.0678. The monoisotopic (exact) mass is 450 g/mol. The van der Waals surface area contributed by atoms with Crippen molar-refractivity contribution in [2.75, 3.05) is 0 Å². The molecule has 5 heteroatoms. The Labute approximate surface area is 143 Å².